The molecule has 1 amide bonds. The minimum absolute atomic E-state index is 0.191. The molecule has 2 aromatic rings. The van der Waals surface area contributed by atoms with E-state index in [-0.39, 0.29) is 12.2 Å². The van der Waals surface area contributed by atoms with E-state index in [1.54, 1.807) is 6.07 Å². The Labute approximate surface area is 297 Å². The number of aryl methyl sites for hydroxylation is 1. The smallest absolute Gasteiger partial charge is 0.326 e. The fourth-order valence-corrected chi connectivity index (χ4v) is 7.03. The van der Waals surface area contributed by atoms with Gasteiger partial charge < -0.3 is 15.2 Å². The summed E-state index contributed by atoms with van der Waals surface area (Å²) in [5.41, 5.74) is 4.11. The molecule has 49 heavy (non-hydrogen) atoms. The number of likely N-dealkylation sites (tertiary alicyclic amines) is 1. The Kier molecular flexibility index (Phi) is 18.6. The number of nitrogens with one attached hydrogen (secondary N) is 1. The molecule has 3 unspecified atom stereocenters. The summed E-state index contributed by atoms with van der Waals surface area (Å²) in [4.78, 5) is 27.4. The van der Waals surface area contributed by atoms with Gasteiger partial charge in [0, 0.05) is 38.1 Å². The summed E-state index contributed by atoms with van der Waals surface area (Å²) in [6.45, 7) is 15.0. The van der Waals surface area contributed by atoms with Gasteiger partial charge in [-0.05, 0) is 85.8 Å². The SMILES string of the molecule is CCC(C)CC.CCC1CC(C)N(Cc2ccc(C(=O)NC(CCS(C)(=O)=O)C(=O)O)c(-c3ccccc3C)c2)C1.COC1CCCCC1. The highest BCUT2D eigenvalue weighted by atomic mass is 32.2. The predicted molar refractivity (Wildman–Crippen MR) is 202 cm³/mol. The Balaban J connectivity index is 0.000000492. The number of carboxylic acid groups (broad SMARTS) is 1. The molecule has 4 rings (SSSR count). The van der Waals surface area contributed by atoms with Gasteiger partial charge in [0.2, 0.25) is 0 Å². The molecule has 0 radical (unpaired) electrons. The minimum atomic E-state index is -3.36. The maximum atomic E-state index is 13.2. The Morgan fingerprint density at radius 1 is 1.02 bits per heavy atom. The first-order valence-electron chi connectivity index (χ1n) is 18.4. The molecule has 1 saturated carbocycles. The third kappa shape index (κ3) is 14.9. The number of benzene rings is 2. The number of hydrogen-bond donors (Lipinski definition) is 2. The predicted octanol–water partition coefficient (Wildman–Crippen LogP) is 8.31. The second kappa shape index (κ2) is 21.5. The van der Waals surface area contributed by atoms with Crippen LogP contribution in [0.4, 0.5) is 0 Å². The zero-order valence-corrected chi connectivity index (χ0v) is 32.3. The van der Waals surface area contributed by atoms with Crippen molar-refractivity contribution in [2.24, 2.45) is 11.8 Å². The average Bonchev–Trinajstić information content (AvgIpc) is 3.45. The minimum Gasteiger partial charge on any atom is -0.480 e. The highest BCUT2D eigenvalue weighted by Crippen LogP contribution is 2.31. The molecular weight excluding hydrogens is 637 g/mol. The summed E-state index contributed by atoms with van der Waals surface area (Å²) < 4.78 is 28.2. The fourth-order valence-electron chi connectivity index (χ4n) is 6.37. The average molecular weight is 701 g/mol. The summed E-state index contributed by atoms with van der Waals surface area (Å²) in [5, 5.41) is 12.1. The van der Waals surface area contributed by atoms with Crippen LogP contribution >= 0.6 is 0 Å². The van der Waals surface area contributed by atoms with Crippen LogP contribution in [0.15, 0.2) is 42.5 Å². The molecule has 2 aliphatic rings. The Hall–Kier alpha value is -2.75. The summed E-state index contributed by atoms with van der Waals surface area (Å²) in [7, 11) is -1.54. The third-order valence-corrected chi connectivity index (χ3v) is 11.2. The first-order valence-corrected chi connectivity index (χ1v) is 20.5. The normalized spacial score (nSPS) is 19.0. The molecule has 8 nitrogen and oxygen atoms in total. The number of sulfone groups is 1. The zero-order chi connectivity index (χ0) is 36.6. The van der Waals surface area contributed by atoms with Crippen molar-refractivity contribution < 1.29 is 27.9 Å². The van der Waals surface area contributed by atoms with Crippen LogP contribution in [0.5, 0.6) is 0 Å². The second-order valence-electron chi connectivity index (χ2n) is 14.2. The fraction of sp³-hybridized carbons (Fsp3) is 0.650. The molecule has 276 valence electrons. The van der Waals surface area contributed by atoms with Crippen LogP contribution in [0.3, 0.4) is 0 Å². The number of methoxy groups -OCH3 is 1. The highest BCUT2D eigenvalue weighted by molar-refractivity contribution is 7.90. The lowest BCUT2D eigenvalue weighted by Gasteiger charge is -2.22. The third-order valence-electron chi connectivity index (χ3n) is 10.2. The topological polar surface area (TPSA) is 113 Å². The monoisotopic (exact) mass is 700 g/mol. The molecule has 0 aromatic heterocycles. The van der Waals surface area contributed by atoms with Gasteiger partial charge in [-0.1, -0.05) is 96.6 Å². The van der Waals surface area contributed by atoms with Gasteiger partial charge in [-0.2, -0.15) is 0 Å². The van der Waals surface area contributed by atoms with Crippen molar-refractivity contribution in [3.05, 3.63) is 59.2 Å². The number of carbonyl (C=O) groups is 2. The molecule has 2 N–H and O–H groups in total. The quantitative estimate of drug-likeness (QED) is 0.216. The Morgan fingerprint density at radius 3 is 2.16 bits per heavy atom. The molecule has 2 fully saturated rings. The van der Waals surface area contributed by atoms with E-state index >= 15 is 0 Å². The van der Waals surface area contributed by atoms with Crippen LogP contribution in [-0.2, 0) is 25.9 Å². The van der Waals surface area contributed by atoms with E-state index in [1.165, 1.54) is 57.8 Å². The first-order chi connectivity index (χ1) is 23.2. The van der Waals surface area contributed by atoms with Gasteiger partial charge in [0.05, 0.1) is 11.9 Å². The maximum Gasteiger partial charge on any atom is 0.326 e. The lowest BCUT2D eigenvalue weighted by Crippen LogP contribution is -2.42. The standard InChI is InChI=1S/C27H36N2O5S.C7H14O.C6H14/c1-5-20-14-19(3)29(16-20)17-21-10-11-23(24(15-21)22-9-7-6-8-18(22)2)26(30)28-25(27(31)32)12-13-35(4,33)34;1-8-7-5-3-2-4-6-7;1-4-6(3)5-2/h6-11,15,19-20,25H,5,12-14,16-17H2,1-4H3,(H,28,30)(H,31,32);7H,2-6H2,1H3;6H,4-5H2,1-3H3. The summed E-state index contributed by atoms with van der Waals surface area (Å²) >= 11 is 0. The summed E-state index contributed by atoms with van der Waals surface area (Å²) in [5.74, 6) is -0.475. The lowest BCUT2D eigenvalue weighted by atomic mass is 9.93. The molecule has 9 heteroatoms. The number of nitrogens with zero attached hydrogens (tertiary/aromatic N) is 1. The summed E-state index contributed by atoms with van der Waals surface area (Å²) in [6, 6.07) is 12.7. The molecule has 2 aromatic carbocycles. The number of amides is 1. The molecule has 1 saturated heterocycles. The van der Waals surface area contributed by atoms with E-state index in [9.17, 15) is 23.1 Å². The Morgan fingerprint density at radius 2 is 1.67 bits per heavy atom. The molecule has 3 atom stereocenters. The van der Waals surface area contributed by atoms with Gasteiger partial charge in [0.15, 0.2) is 0 Å². The van der Waals surface area contributed by atoms with Crippen molar-refractivity contribution in [2.45, 2.75) is 130 Å². The number of rotatable bonds is 13. The number of hydrogen-bond acceptors (Lipinski definition) is 6. The maximum absolute atomic E-state index is 13.2. The van der Waals surface area contributed by atoms with E-state index in [4.69, 9.17) is 4.74 Å². The van der Waals surface area contributed by atoms with E-state index in [2.05, 4.69) is 44.8 Å². The molecule has 0 spiro atoms. The van der Waals surface area contributed by atoms with Crippen LogP contribution in [-0.4, -0.2) is 74.2 Å². The lowest BCUT2D eigenvalue weighted by molar-refractivity contribution is -0.139. The van der Waals surface area contributed by atoms with Crippen molar-refractivity contribution >= 4 is 21.7 Å². The van der Waals surface area contributed by atoms with Crippen molar-refractivity contribution in [3.8, 4) is 11.1 Å². The summed E-state index contributed by atoms with van der Waals surface area (Å²) in [6.07, 6.45) is 13.2. The molecule has 1 aliphatic heterocycles. The van der Waals surface area contributed by atoms with Crippen LogP contribution < -0.4 is 5.32 Å². The second-order valence-corrected chi connectivity index (χ2v) is 16.4. The zero-order valence-electron chi connectivity index (χ0n) is 31.5. The number of aliphatic carboxylic acids is 1. The largest absolute Gasteiger partial charge is 0.480 e. The van der Waals surface area contributed by atoms with Crippen LogP contribution in [0.2, 0.25) is 0 Å². The van der Waals surface area contributed by atoms with Crippen LogP contribution in [0.1, 0.15) is 120 Å². The first kappa shape index (κ1) is 42.4. The van der Waals surface area contributed by atoms with E-state index in [0.29, 0.717) is 23.6 Å². The molecule has 1 heterocycles. The van der Waals surface area contributed by atoms with Crippen LogP contribution in [0, 0.1) is 18.8 Å². The van der Waals surface area contributed by atoms with Crippen molar-refractivity contribution in [1.82, 2.24) is 10.2 Å². The van der Waals surface area contributed by atoms with E-state index in [1.807, 2.05) is 50.4 Å². The van der Waals surface area contributed by atoms with Gasteiger partial charge in [0.1, 0.15) is 15.9 Å². The van der Waals surface area contributed by atoms with Gasteiger partial charge in [-0.15, -0.1) is 0 Å². The van der Waals surface area contributed by atoms with Crippen LogP contribution in [0.25, 0.3) is 11.1 Å². The number of ether oxygens (including phenoxy) is 1. The van der Waals surface area contributed by atoms with E-state index in [0.717, 1.165) is 47.5 Å². The number of carboxylic acids is 1. The van der Waals surface area contributed by atoms with Crippen molar-refractivity contribution in [3.63, 3.8) is 0 Å². The highest BCUT2D eigenvalue weighted by Gasteiger charge is 2.28. The number of carbonyl (C=O) groups excluding carboxylic acids is 1. The van der Waals surface area contributed by atoms with Crippen molar-refractivity contribution in [1.29, 1.82) is 0 Å². The molecule has 1 aliphatic carbocycles. The Bertz CT molecular complexity index is 1400. The van der Waals surface area contributed by atoms with Gasteiger partial charge in [-0.25, -0.2) is 13.2 Å². The van der Waals surface area contributed by atoms with Crippen molar-refractivity contribution in [2.75, 3.05) is 25.7 Å². The van der Waals surface area contributed by atoms with Gasteiger partial charge in [0.25, 0.3) is 5.91 Å². The van der Waals surface area contributed by atoms with Gasteiger partial charge >= 0.3 is 5.97 Å². The molecule has 0 bridgehead atoms. The van der Waals surface area contributed by atoms with Gasteiger partial charge in [-0.3, -0.25) is 9.69 Å². The van der Waals surface area contributed by atoms with E-state index < -0.39 is 27.8 Å². The molecular formula is C40H64N2O6S.